The Morgan fingerprint density at radius 3 is 2.97 bits per heavy atom. The Balaban J connectivity index is 1.19. The number of ether oxygens (including phenoxy) is 2. The number of aryl methyl sites for hydroxylation is 1. The lowest BCUT2D eigenvalue weighted by atomic mass is 10.1. The number of aromatic nitrogens is 2. The molecule has 0 radical (unpaired) electrons. The van der Waals surface area contributed by atoms with E-state index in [0.29, 0.717) is 35.2 Å². The van der Waals surface area contributed by atoms with E-state index >= 15 is 0 Å². The van der Waals surface area contributed by atoms with Crippen LogP contribution < -0.4 is 20.5 Å². The third kappa shape index (κ3) is 3.55. The Kier molecular flexibility index (Phi) is 4.72. The van der Waals surface area contributed by atoms with Gasteiger partial charge in [0.2, 0.25) is 12.7 Å². The molecule has 0 unspecified atom stereocenters. The second-order valence-corrected chi connectivity index (χ2v) is 7.60. The number of fused-ring (bicyclic) bond motifs is 2. The number of para-hydroxylation sites is 2. The van der Waals surface area contributed by atoms with Crippen LogP contribution in [-0.4, -0.2) is 22.3 Å². The highest BCUT2D eigenvalue weighted by Crippen LogP contribution is 2.36. The number of rotatable bonds is 6. The predicted octanol–water partition coefficient (Wildman–Crippen LogP) is 3.87. The molecule has 1 N–H and O–H groups in total. The Morgan fingerprint density at radius 2 is 2.03 bits per heavy atom. The van der Waals surface area contributed by atoms with E-state index in [2.05, 4.69) is 10.3 Å². The predicted molar refractivity (Wildman–Crippen MR) is 112 cm³/mol. The van der Waals surface area contributed by atoms with E-state index in [1.165, 1.54) is 11.3 Å². The Labute approximate surface area is 174 Å². The number of hydrogen-bond acceptors (Lipinski definition) is 7. The van der Waals surface area contributed by atoms with E-state index in [0.717, 1.165) is 16.8 Å². The molecule has 30 heavy (non-hydrogen) atoms. The van der Waals surface area contributed by atoms with Crippen molar-refractivity contribution in [1.82, 2.24) is 9.55 Å². The molecule has 5 rings (SSSR count). The van der Waals surface area contributed by atoms with Gasteiger partial charge in [-0.05, 0) is 36.8 Å². The fourth-order valence-electron chi connectivity index (χ4n) is 3.32. The summed E-state index contributed by atoms with van der Waals surface area (Å²) in [6.45, 7) is 0.626. The second-order valence-electron chi connectivity index (χ2n) is 6.75. The fourth-order valence-corrected chi connectivity index (χ4v) is 4.06. The minimum atomic E-state index is -0.412. The average Bonchev–Trinajstić information content (AvgIpc) is 3.46. The maximum absolute atomic E-state index is 12.3. The molecule has 1 aliphatic rings. The summed E-state index contributed by atoms with van der Waals surface area (Å²) in [5, 5.41) is 5.22. The van der Waals surface area contributed by atoms with E-state index in [1.54, 1.807) is 10.6 Å². The third-order valence-corrected chi connectivity index (χ3v) is 5.54. The van der Waals surface area contributed by atoms with Crippen molar-refractivity contribution >= 4 is 33.5 Å². The van der Waals surface area contributed by atoms with Gasteiger partial charge in [-0.3, -0.25) is 9.36 Å². The number of anilines is 1. The minimum Gasteiger partial charge on any atom is -0.454 e. The van der Waals surface area contributed by atoms with Gasteiger partial charge in [0.25, 0.3) is 0 Å². The molecule has 0 aliphatic carbocycles. The molecule has 0 saturated heterocycles. The minimum absolute atomic E-state index is 0.151. The van der Waals surface area contributed by atoms with Gasteiger partial charge in [-0.15, -0.1) is 11.3 Å². The monoisotopic (exact) mass is 423 g/mol. The maximum Gasteiger partial charge on any atom is 0.419 e. The molecule has 2 aromatic carbocycles. The second kappa shape index (κ2) is 7.68. The van der Waals surface area contributed by atoms with E-state index in [1.807, 2.05) is 41.8 Å². The molecule has 8 nitrogen and oxygen atoms in total. The number of hydrogen-bond donors (Lipinski definition) is 1. The molecule has 9 heteroatoms. The largest absolute Gasteiger partial charge is 0.454 e. The van der Waals surface area contributed by atoms with Gasteiger partial charge in [0.05, 0.1) is 11.2 Å². The number of carbonyl (C=O) groups excluding carboxylic acids is 1. The molecule has 0 saturated carbocycles. The van der Waals surface area contributed by atoms with Gasteiger partial charge in [-0.2, -0.15) is 0 Å². The summed E-state index contributed by atoms with van der Waals surface area (Å²) in [4.78, 5) is 28.8. The summed E-state index contributed by atoms with van der Waals surface area (Å²) in [7, 11) is 0. The van der Waals surface area contributed by atoms with Crippen molar-refractivity contribution in [3.8, 4) is 22.8 Å². The smallest absolute Gasteiger partial charge is 0.419 e. The molecule has 1 aliphatic heterocycles. The molecule has 0 fully saturated rings. The molecule has 1 amide bonds. The number of thiazole rings is 1. The van der Waals surface area contributed by atoms with Crippen molar-refractivity contribution in [2.45, 2.75) is 19.4 Å². The lowest BCUT2D eigenvalue weighted by Gasteiger charge is -2.03. The Morgan fingerprint density at radius 1 is 1.17 bits per heavy atom. The summed E-state index contributed by atoms with van der Waals surface area (Å²) >= 11 is 1.36. The van der Waals surface area contributed by atoms with Crippen LogP contribution in [0.4, 0.5) is 5.13 Å². The van der Waals surface area contributed by atoms with Gasteiger partial charge >= 0.3 is 5.76 Å². The number of nitrogens with one attached hydrogen (secondary N) is 1. The van der Waals surface area contributed by atoms with Crippen molar-refractivity contribution in [2.75, 3.05) is 12.1 Å². The molecular weight excluding hydrogens is 406 g/mol. The highest BCUT2D eigenvalue weighted by Gasteiger charge is 2.16. The van der Waals surface area contributed by atoms with Crippen LogP contribution in [0.1, 0.15) is 12.8 Å². The summed E-state index contributed by atoms with van der Waals surface area (Å²) < 4.78 is 17.5. The van der Waals surface area contributed by atoms with Crippen molar-refractivity contribution in [2.24, 2.45) is 0 Å². The van der Waals surface area contributed by atoms with E-state index in [4.69, 9.17) is 13.9 Å². The zero-order valence-electron chi connectivity index (χ0n) is 15.8. The van der Waals surface area contributed by atoms with Crippen LogP contribution in [-0.2, 0) is 11.3 Å². The summed E-state index contributed by atoms with van der Waals surface area (Å²) in [6.07, 6.45) is 0.778. The Bertz CT molecular complexity index is 1290. The van der Waals surface area contributed by atoms with Gasteiger partial charge in [0.15, 0.2) is 22.2 Å². The quantitative estimate of drug-likeness (QED) is 0.506. The molecule has 4 aromatic rings. The number of amides is 1. The van der Waals surface area contributed by atoms with Gasteiger partial charge < -0.3 is 19.2 Å². The van der Waals surface area contributed by atoms with Crippen LogP contribution in [0.15, 0.2) is 57.1 Å². The first-order chi connectivity index (χ1) is 14.7. The van der Waals surface area contributed by atoms with Crippen LogP contribution >= 0.6 is 11.3 Å². The van der Waals surface area contributed by atoms with Gasteiger partial charge in [0, 0.05) is 23.9 Å². The summed E-state index contributed by atoms with van der Waals surface area (Å²) in [6, 6.07) is 12.9. The first-order valence-electron chi connectivity index (χ1n) is 9.41. The molecule has 0 bridgehead atoms. The molecule has 152 valence electrons. The van der Waals surface area contributed by atoms with E-state index in [-0.39, 0.29) is 19.1 Å². The first kappa shape index (κ1) is 18.4. The van der Waals surface area contributed by atoms with E-state index < -0.39 is 5.76 Å². The van der Waals surface area contributed by atoms with Crippen LogP contribution in [0.25, 0.3) is 22.4 Å². The number of benzene rings is 2. The normalized spacial score (nSPS) is 12.4. The zero-order chi connectivity index (χ0) is 20.5. The Hall–Kier alpha value is -3.59. The molecule has 2 aromatic heterocycles. The number of oxazole rings is 1. The van der Waals surface area contributed by atoms with Crippen molar-refractivity contribution in [3.63, 3.8) is 0 Å². The lowest BCUT2D eigenvalue weighted by Crippen LogP contribution is -2.17. The summed E-state index contributed by atoms with van der Waals surface area (Å²) in [5.41, 5.74) is 2.93. The standard InChI is InChI=1S/C21H17N3O5S/c25-19(6-3-9-24-15-4-1-2-5-16(15)29-21(24)26)23-20-22-14(11-30-20)13-7-8-17-18(10-13)28-12-27-17/h1-2,4-5,7-8,10-11H,3,6,9,12H2,(H,22,23,25). The topological polar surface area (TPSA) is 95.6 Å². The number of nitrogens with zero attached hydrogens (tertiary/aromatic N) is 2. The van der Waals surface area contributed by atoms with Crippen molar-refractivity contribution in [3.05, 3.63) is 58.4 Å². The molecule has 3 heterocycles. The average molecular weight is 423 g/mol. The molecular formula is C21H17N3O5S. The van der Waals surface area contributed by atoms with Gasteiger partial charge in [0.1, 0.15) is 0 Å². The SMILES string of the molecule is O=C(CCCn1c(=O)oc2ccccc21)Nc1nc(-c2ccc3c(c2)OCO3)cs1. The van der Waals surface area contributed by atoms with Crippen molar-refractivity contribution in [1.29, 1.82) is 0 Å². The van der Waals surface area contributed by atoms with Crippen molar-refractivity contribution < 1.29 is 18.7 Å². The third-order valence-electron chi connectivity index (χ3n) is 4.78. The highest BCUT2D eigenvalue weighted by atomic mass is 32.1. The molecule has 0 atom stereocenters. The van der Waals surface area contributed by atoms with Gasteiger partial charge in [-0.25, -0.2) is 9.78 Å². The maximum atomic E-state index is 12.3. The van der Waals surface area contributed by atoms with E-state index in [9.17, 15) is 9.59 Å². The van der Waals surface area contributed by atoms with Gasteiger partial charge in [-0.1, -0.05) is 12.1 Å². The van der Waals surface area contributed by atoms with Crippen LogP contribution in [0, 0.1) is 0 Å². The number of carbonyl (C=O) groups is 1. The van der Waals surface area contributed by atoms with Crippen LogP contribution in [0.3, 0.4) is 0 Å². The highest BCUT2D eigenvalue weighted by molar-refractivity contribution is 7.14. The van der Waals surface area contributed by atoms with Crippen LogP contribution in [0.2, 0.25) is 0 Å². The lowest BCUT2D eigenvalue weighted by molar-refractivity contribution is -0.116. The summed E-state index contributed by atoms with van der Waals surface area (Å²) in [5.74, 6) is 0.840. The molecule has 0 spiro atoms. The fraction of sp³-hybridized carbons (Fsp3) is 0.190. The van der Waals surface area contributed by atoms with Crippen LogP contribution in [0.5, 0.6) is 11.5 Å². The zero-order valence-corrected chi connectivity index (χ0v) is 16.6. The first-order valence-corrected chi connectivity index (χ1v) is 10.3.